The molecule has 1 aromatic carbocycles. The highest BCUT2D eigenvalue weighted by molar-refractivity contribution is 7.46. The third-order valence-corrected chi connectivity index (χ3v) is 5.33. The van der Waals surface area contributed by atoms with Gasteiger partial charge in [0.15, 0.2) is 5.76 Å². The van der Waals surface area contributed by atoms with Gasteiger partial charge in [0.25, 0.3) is 0 Å². The second-order valence-electron chi connectivity index (χ2n) is 7.08. The number of benzene rings is 1. The first-order chi connectivity index (χ1) is 15.8. The summed E-state index contributed by atoms with van der Waals surface area (Å²) in [5.41, 5.74) is 8.47. The van der Waals surface area contributed by atoms with Gasteiger partial charge in [-0.05, 0) is 29.8 Å². The highest BCUT2D eigenvalue weighted by Gasteiger charge is 2.25. The third-order valence-electron chi connectivity index (χ3n) is 4.67. The van der Waals surface area contributed by atoms with Gasteiger partial charge in [0.2, 0.25) is 5.88 Å². The normalized spacial score (nSPS) is 16.1. The molecule has 1 aliphatic rings. The maximum atomic E-state index is 11.0. The lowest BCUT2D eigenvalue weighted by Crippen LogP contribution is -2.41. The molecule has 12 heteroatoms. The Hall–Kier alpha value is -2.98. The monoisotopic (exact) mass is 490 g/mol. The molecule has 1 aliphatic heterocycles. The van der Waals surface area contributed by atoms with Crippen molar-refractivity contribution in [3.8, 4) is 11.6 Å². The molecule has 0 spiro atoms. The minimum atomic E-state index is -4.62. The molecule has 0 fully saturated rings. The van der Waals surface area contributed by atoms with Crippen LogP contribution in [-0.2, 0) is 15.5 Å². The number of rotatable bonds is 8. The average Bonchev–Trinajstić information content (AvgIpc) is 3.22. The Labute approximate surface area is 194 Å². The summed E-state index contributed by atoms with van der Waals surface area (Å²) in [6.45, 7) is -0.376. The number of ether oxygens (including phenoxy) is 1. The van der Waals surface area contributed by atoms with Gasteiger partial charge < -0.3 is 29.7 Å². The Kier molecular flexibility index (Phi) is 6.94. The molecule has 4 rings (SSSR count). The molecule has 0 saturated carbocycles. The van der Waals surface area contributed by atoms with Crippen LogP contribution in [0.3, 0.4) is 0 Å². The van der Waals surface area contributed by atoms with Gasteiger partial charge >= 0.3 is 7.82 Å². The van der Waals surface area contributed by atoms with E-state index in [4.69, 9.17) is 36.4 Å². The molecule has 33 heavy (non-hydrogen) atoms. The lowest BCUT2D eigenvalue weighted by atomic mass is 10.1. The quantitative estimate of drug-likeness (QED) is 0.316. The van der Waals surface area contributed by atoms with E-state index in [1.54, 1.807) is 42.6 Å². The van der Waals surface area contributed by atoms with Crippen molar-refractivity contribution in [1.82, 2.24) is 15.0 Å². The van der Waals surface area contributed by atoms with Gasteiger partial charge in [0.1, 0.15) is 23.8 Å². The Morgan fingerprint density at radius 3 is 2.73 bits per heavy atom. The summed E-state index contributed by atoms with van der Waals surface area (Å²) in [7, 11) is -4.62. The van der Waals surface area contributed by atoms with Crippen LogP contribution in [0.25, 0.3) is 5.57 Å². The van der Waals surface area contributed by atoms with E-state index in [2.05, 4.69) is 14.7 Å². The molecule has 0 bridgehead atoms. The number of halogens is 1. The van der Waals surface area contributed by atoms with E-state index in [9.17, 15) is 4.57 Å². The first kappa shape index (κ1) is 23.2. The van der Waals surface area contributed by atoms with Crippen LogP contribution < -0.4 is 10.5 Å². The van der Waals surface area contributed by atoms with Gasteiger partial charge in [0.05, 0.1) is 5.69 Å². The van der Waals surface area contributed by atoms with Gasteiger partial charge in [-0.2, -0.15) is 0 Å². The number of nitrogens with zero attached hydrogens (tertiary/aromatic N) is 3. The molecule has 4 N–H and O–H groups in total. The summed E-state index contributed by atoms with van der Waals surface area (Å²) >= 11 is 5.87. The number of phosphoric ester groups is 1. The van der Waals surface area contributed by atoms with Crippen molar-refractivity contribution in [3.05, 3.63) is 89.1 Å². The molecule has 0 saturated heterocycles. The molecule has 10 nitrogen and oxygen atoms in total. The fourth-order valence-electron chi connectivity index (χ4n) is 3.10. The van der Waals surface area contributed by atoms with E-state index in [1.165, 1.54) is 4.90 Å². The number of pyridine rings is 1. The Morgan fingerprint density at radius 1 is 1.21 bits per heavy atom. The zero-order valence-corrected chi connectivity index (χ0v) is 18.8. The van der Waals surface area contributed by atoms with E-state index in [0.717, 1.165) is 5.56 Å². The molecular weight excluding hydrogens is 471 g/mol. The maximum absolute atomic E-state index is 11.0. The van der Waals surface area contributed by atoms with Crippen LogP contribution in [0.5, 0.6) is 11.6 Å². The third kappa shape index (κ3) is 6.29. The fraction of sp³-hybridized carbons (Fsp3) is 0.143. The van der Waals surface area contributed by atoms with Crippen molar-refractivity contribution >= 4 is 25.0 Å². The number of hydrogen-bond acceptors (Lipinski definition) is 8. The first-order valence-corrected chi connectivity index (χ1v) is 11.6. The zero-order valence-electron chi connectivity index (χ0n) is 17.1. The van der Waals surface area contributed by atoms with Crippen molar-refractivity contribution in [2.75, 3.05) is 6.73 Å². The van der Waals surface area contributed by atoms with E-state index < -0.39 is 14.0 Å². The van der Waals surface area contributed by atoms with Crippen LogP contribution in [0.2, 0.25) is 5.15 Å². The Morgan fingerprint density at radius 2 is 2.00 bits per heavy atom. The van der Waals surface area contributed by atoms with E-state index in [1.807, 2.05) is 24.3 Å². The molecule has 3 aromatic rings. The van der Waals surface area contributed by atoms with Crippen LogP contribution >= 0.6 is 19.4 Å². The average molecular weight is 491 g/mol. The molecular formula is C21H20ClN4O6P. The van der Waals surface area contributed by atoms with Crippen LogP contribution in [0.15, 0.2) is 71.4 Å². The predicted octanol–water partition coefficient (Wildman–Crippen LogP) is 3.67. The topological polar surface area (TPSA) is 144 Å². The Bertz CT molecular complexity index is 1220. The maximum Gasteiger partial charge on any atom is 0.471 e. The minimum Gasteiger partial charge on any atom is -0.439 e. The first-order valence-electron chi connectivity index (χ1n) is 9.72. The second kappa shape index (κ2) is 9.88. The smallest absolute Gasteiger partial charge is 0.439 e. The van der Waals surface area contributed by atoms with E-state index in [-0.39, 0.29) is 6.73 Å². The summed E-state index contributed by atoms with van der Waals surface area (Å²) in [6.07, 6.45) is 4.79. The van der Waals surface area contributed by atoms with E-state index in [0.29, 0.717) is 40.2 Å². The lowest BCUT2D eigenvalue weighted by molar-refractivity contribution is 0.110. The molecule has 0 radical (unpaired) electrons. The van der Waals surface area contributed by atoms with Crippen LogP contribution in [0.4, 0.5) is 0 Å². The summed E-state index contributed by atoms with van der Waals surface area (Å²) < 4.78 is 26.6. The largest absolute Gasteiger partial charge is 0.471 e. The standard InChI is InChI=1S/C21H20ClN4O6P/c22-19-4-1-5-20(24-19)31-16-8-6-14(7-9-16)11-15-12-18(32-25-15)17-3-2-10-26(21(17)23)13-30-33(27,28)29/h1-10,12,21H,11,13,23H2,(H2,27,28,29). The molecule has 2 aromatic heterocycles. The fourth-order valence-corrected chi connectivity index (χ4v) is 3.54. The zero-order chi connectivity index (χ0) is 23.4. The van der Waals surface area contributed by atoms with Crippen LogP contribution in [0.1, 0.15) is 17.0 Å². The van der Waals surface area contributed by atoms with Gasteiger partial charge in [-0.3, -0.25) is 4.52 Å². The molecule has 0 amide bonds. The van der Waals surface area contributed by atoms with Crippen molar-refractivity contribution in [1.29, 1.82) is 0 Å². The Balaban J connectivity index is 1.39. The summed E-state index contributed by atoms with van der Waals surface area (Å²) in [5.74, 6) is 1.48. The highest BCUT2D eigenvalue weighted by atomic mass is 35.5. The van der Waals surface area contributed by atoms with Gasteiger partial charge in [-0.1, -0.05) is 41.0 Å². The number of allylic oxidation sites excluding steroid dienone is 2. The molecule has 172 valence electrons. The lowest BCUT2D eigenvalue weighted by Gasteiger charge is -2.30. The van der Waals surface area contributed by atoms with Crippen LogP contribution in [-0.4, -0.2) is 37.7 Å². The number of nitrogens with two attached hydrogens (primary N) is 1. The van der Waals surface area contributed by atoms with Crippen molar-refractivity contribution in [3.63, 3.8) is 0 Å². The molecule has 1 atom stereocenters. The van der Waals surface area contributed by atoms with Crippen molar-refractivity contribution in [2.24, 2.45) is 5.73 Å². The molecule has 1 unspecified atom stereocenters. The van der Waals surface area contributed by atoms with Crippen LogP contribution in [0, 0.1) is 0 Å². The summed E-state index contributed by atoms with van der Waals surface area (Å²) in [6, 6.07) is 14.4. The SMILES string of the molecule is NC1C(c2cc(Cc3ccc(Oc4cccc(Cl)n4)cc3)no2)=CC=CN1COP(=O)(O)O. The number of hydrogen-bond donors (Lipinski definition) is 3. The summed E-state index contributed by atoms with van der Waals surface area (Å²) in [5, 5.41) is 4.46. The highest BCUT2D eigenvalue weighted by Crippen LogP contribution is 2.36. The minimum absolute atomic E-state index is 0.353. The number of phosphoric acid groups is 1. The summed E-state index contributed by atoms with van der Waals surface area (Å²) in [4.78, 5) is 23.3. The van der Waals surface area contributed by atoms with Gasteiger partial charge in [0, 0.05) is 30.3 Å². The number of aromatic nitrogens is 2. The van der Waals surface area contributed by atoms with Gasteiger partial charge in [-0.25, -0.2) is 9.55 Å². The predicted molar refractivity (Wildman–Crippen MR) is 120 cm³/mol. The van der Waals surface area contributed by atoms with E-state index >= 15 is 0 Å². The molecule has 3 heterocycles. The van der Waals surface area contributed by atoms with Crippen molar-refractivity contribution in [2.45, 2.75) is 12.6 Å². The van der Waals surface area contributed by atoms with Gasteiger partial charge in [-0.15, -0.1) is 0 Å². The second-order valence-corrected chi connectivity index (χ2v) is 8.70. The van der Waals surface area contributed by atoms with Crippen molar-refractivity contribution < 1.29 is 28.1 Å². The molecule has 0 aliphatic carbocycles.